The molecular weight excluding hydrogens is 352 g/mol. The quantitative estimate of drug-likeness (QED) is 0.640. The van der Waals surface area contributed by atoms with Gasteiger partial charge in [0.1, 0.15) is 11.0 Å². The monoisotopic (exact) mass is 372 g/mol. The van der Waals surface area contributed by atoms with E-state index in [1.54, 1.807) is 13.0 Å². The zero-order valence-corrected chi connectivity index (χ0v) is 15.5. The van der Waals surface area contributed by atoms with Crippen molar-refractivity contribution in [1.82, 2.24) is 15.3 Å². The molecule has 0 radical (unpaired) electrons. The van der Waals surface area contributed by atoms with Crippen LogP contribution in [0.1, 0.15) is 41.6 Å². The number of amides is 1. The Morgan fingerprint density at radius 3 is 2.73 bits per heavy atom. The number of hydrogen-bond acceptors (Lipinski definition) is 7. The molecule has 0 spiro atoms. The van der Waals surface area contributed by atoms with E-state index in [0.29, 0.717) is 29.0 Å². The van der Waals surface area contributed by atoms with Crippen molar-refractivity contribution in [3.63, 3.8) is 0 Å². The molecule has 8 heteroatoms. The lowest BCUT2D eigenvalue weighted by atomic mass is 10.1. The van der Waals surface area contributed by atoms with Crippen LogP contribution in [0.25, 0.3) is 0 Å². The first-order chi connectivity index (χ1) is 12.7. The lowest BCUT2D eigenvalue weighted by Crippen LogP contribution is -2.19. The number of benzene rings is 1. The summed E-state index contributed by atoms with van der Waals surface area (Å²) in [5.41, 5.74) is 0.892. The second kappa shape index (κ2) is 8.66. The largest absolute Gasteiger partial charge is 0.360 e. The molecule has 3 rings (SSSR count). The Morgan fingerprint density at radius 2 is 2.04 bits per heavy atom. The fourth-order valence-electron chi connectivity index (χ4n) is 2.40. The number of nitrogens with zero attached hydrogens (tertiary/aromatic N) is 3. The highest BCUT2D eigenvalue weighted by Crippen LogP contribution is 2.32. The van der Waals surface area contributed by atoms with Crippen LogP contribution in [0.15, 0.2) is 45.4 Å². The third kappa shape index (κ3) is 4.72. The zero-order valence-electron chi connectivity index (χ0n) is 14.6. The minimum atomic E-state index is -0.435. The van der Waals surface area contributed by atoms with Gasteiger partial charge in [-0.15, -0.1) is 11.8 Å². The van der Waals surface area contributed by atoms with E-state index in [2.05, 4.69) is 27.5 Å². The molecule has 0 aliphatic carbocycles. The minimum Gasteiger partial charge on any atom is -0.360 e. The van der Waals surface area contributed by atoms with Crippen molar-refractivity contribution in [1.29, 1.82) is 0 Å². The smallest absolute Gasteiger partial charge is 0.243 e. The lowest BCUT2D eigenvalue weighted by molar-refractivity contribution is -0.115. The molecule has 136 valence electrons. The molecule has 0 aliphatic rings. The summed E-state index contributed by atoms with van der Waals surface area (Å²) in [7, 11) is 0. The SMILES string of the molecule is CCCc1noc(CSC(C(=O)Nc2cc(C)on2)c2ccccc2)n1. The first-order valence-corrected chi connectivity index (χ1v) is 9.42. The van der Waals surface area contributed by atoms with E-state index in [1.165, 1.54) is 11.8 Å². The number of aromatic nitrogens is 3. The van der Waals surface area contributed by atoms with E-state index in [4.69, 9.17) is 9.05 Å². The van der Waals surface area contributed by atoms with Crippen molar-refractivity contribution in [3.8, 4) is 0 Å². The topological polar surface area (TPSA) is 94.1 Å². The van der Waals surface area contributed by atoms with Gasteiger partial charge in [0.15, 0.2) is 11.6 Å². The summed E-state index contributed by atoms with van der Waals surface area (Å²) in [5, 5.41) is 10.1. The van der Waals surface area contributed by atoms with Gasteiger partial charge in [-0.2, -0.15) is 4.98 Å². The van der Waals surface area contributed by atoms with Crippen LogP contribution in [-0.2, 0) is 17.0 Å². The maximum absolute atomic E-state index is 12.8. The summed E-state index contributed by atoms with van der Waals surface area (Å²) >= 11 is 1.43. The maximum Gasteiger partial charge on any atom is 0.243 e. The highest BCUT2D eigenvalue weighted by atomic mass is 32.2. The van der Waals surface area contributed by atoms with Crippen molar-refractivity contribution >= 4 is 23.5 Å². The zero-order chi connectivity index (χ0) is 18.4. The molecule has 2 heterocycles. The van der Waals surface area contributed by atoms with Crippen LogP contribution in [0, 0.1) is 6.92 Å². The van der Waals surface area contributed by atoms with Crippen molar-refractivity contribution < 1.29 is 13.8 Å². The van der Waals surface area contributed by atoms with Crippen LogP contribution in [0.5, 0.6) is 0 Å². The van der Waals surface area contributed by atoms with Crippen molar-refractivity contribution in [3.05, 3.63) is 59.4 Å². The fourth-order valence-corrected chi connectivity index (χ4v) is 3.38. The third-order valence-electron chi connectivity index (χ3n) is 3.58. The average Bonchev–Trinajstić information content (AvgIpc) is 3.25. The summed E-state index contributed by atoms with van der Waals surface area (Å²) in [4.78, 5) is 17.1. The number of rotatable bonds is 8. The molecular formula is C18H20N4O3S. The summed E-state index contributed by atoms with van der Waals surface area (Å²) in [6.45, 7) is 3.84. The van der Waals surface area contributed by atoms with E-state index in [1.807, 2.05) is 30.3 Å². The molecule has 1 amide bonds. The van der Waals surface area contributed by atoms with Crippen LogP contribution < -0.4 is 5.32 Å². The second-order valence-electron chi connectivity index (χ2n) is 5.77. The Bertz CT molecular complexity index is 847. The van der Waals surface area contributed by atoms with Gasteiger partial charge in [0.05, 0.1) is 5.75 Å². The Hall–Kier alpha value is -2.61. The Labute approximate surface area is 155 Å². The number of carbonyl (C=O) groups excluding carboxylic acids is 1. The molecule has 1 N–H and O–H groups in total. The van der Waals surface area contributed by atoms with Crippen LogP contribution in [0.2, 0.25) is 0 Å². The van der Waals surface area contributed by atoms with Gasteiger partial charge in [-0.1, -0.05) is 47.6 Å². The van der Waals surface area contributed by atoms with E-state index in [-0.39, 0.29) is 5.91 Å². The lowest BCUT2D eigenvalue weighted by Gasteiger charge is -2.15. The number of hydrogen-bond donors (Lipinski definition) is 1. The predicted molar refractivity (Wildman–Crippen MR) is 98.6 cm³/mol. The average molecular weight is 372 g/mol. The van der Waals surface area contributed by atoms with Gasteiger partial charge < -0.3 is 14.4 Å². The molecule has 0 fully saturated rings. The highest BCUT2D eigenvalue weighted by Gasteiger charge is 2.23. The number of carbonyl (C=O) groups is 1. The number of thioether (sulfide) groups is 1. The molecule has 0 bridgehead atoms. The molecule has 26 heavy (non-hydrogen) atoms. The van der Waals surface area contributed by atoms with Crippen molar-refractivity contribution in [2.24, 2.45) is 0 Å². The van der Waals surface area contributed by atoms with Crippen LogP contribution >= 0.6 is 11.8 Å². The number of aryl methyl sites for hydroxylation is 2. The number of anilines is 1. The van der Waals surface area contributed by atoms with Crippen molar-refractivity contribution in [2.75, 3.05) is 5.32 Å². The fraction of sp³-hybridized carbons (Fsp3) is 0.333. The molecule has 7 nitrogen and oxygen atoms in total. The molecule has 0 aliphatic heterocycles. The Morgan fingerprint density at radius 1 is 1.23 bits per heavy atom. The Balaban J connectivity index is 1.71. The molecule has 3 aromatic rings. The summed E-state index contributed by atoms with van der Waals surface area (Å²) < 4.78 is 10.3. The van der Waals surface area contributed by atoms with Gasteiger partial charge in [0, 0.05) is 12.5 Å². The van der Waals surface area contributed by atoms with E-state index in [0.717, 1.165) is 18.4 Å². The van der Waals surface area contributed by atoms with E-state index >= 15 is 0 Å². The summed E-state index contributed by atoms with van der Waals surface area (Å²) in [6, 6.07) is 11.2. The molecule has 2 aromatic heterocycles. The molecule has 1 aromatic carbocycles. The first-order valence-electron chi connectivity index (χ1n) is 8.38. The van der Waals surface area contributed by atoms with Gasteiger partial charge in [0.25, 0.3) is 0 Å². The van der Waals surface area contributed by atoms with Crippen LogP contribution in [0.3, 0.4) is 0 Å². The second-order valence-corrected chi connectivity index (χ2v) is 6.86. The van der Waals surface area contributed by atoms with Crippen LogP contribution in [-0.4, -0.2) is 21.2 Å². The summed E-state index contributed by atoms with van der Waals surface area (Å²) in [6.07, 6.45) is 1.74. The molecule has 0 saturated heterocycles. The Kier molecular flexibility index (Phi) is 6.06. The molecule has 0 saturated carbocycles. The normalized spacial score (nSPS) is 12.1. The van der Waals surface area contributed by atoms with Gasteiger partial charge in [-0.05, 0) is 18.9 Å². The summed E-state index contributed by atoms with van der Waals surface area (Å²) in [5.74, 6) is 2.52. The molecule has 1 atom stereocenters. The highest BCUT2D eigenvalue weighted by molar-refractivity contribution is 7.99. The van der Waals surface area contributed by atoms with E-state index in [9.17, 15) is 4.79 Å². The van der Waals surface area contributed by atoms with Crippen molar-refractivity contribution in [2.45, 2.75) is 37.7 Å². The standard InChI is InChI=1S/C18H20N4O3S/c1-3-7-14-19-16(25-21-14)11-26-17(13-8-5-4-6-9-13)18(23)20-15-10-12(2)24-22-15/h4-6,8-10,17H,3,7,11H2,1-2H3,(H,20,22,23). The van der Waals surface area contributed by atoms with Crippen LogP contribution in [0.4, 0.5) is 5.82 Å². The minimum absolute atomic E-state index is 0.178. The first kappa shape index (κ1) is 18.2. The van der Waals surface area contributed by atoms with Gasteiger partial charge in [-0.25, -0.2) is 0 Å². The predicted octanol–water partition coefficient (Wildman–Crippen LogP) is 3.93. The number of nitrogens with one attached hydrogen (secondary N) is 1. The van der Waals surface area contributed by atoms with E-state index < -0.39 is 5.25 Å². The maximum atomic E-state index is 12.8. The molecule has 1 unspecified atom stereocenters. The van der Waals surface area contributed by atoms with Gasteiger partial charge >= 0.3 is 0 Å². The van der Waals surface area contributed by atoms with Gasteiger partial charge in [-0.3, -0.25) is 4.79 Å². The van der Waals surface area contributed by atoms with Gasteiger partial charge in [0.2, 0.25) is 11.8 Å². The third-order valence-corrected chi connectivity index (χ3v) is 4.81.